The van der Waals surface area contributed by atoms with Crippen LogP contribution in [0.1, 0.15) is 0 Å². The molecule has 1 aromatic rings. The number of anilines is 1. The standard InChI is InChI=1S/C7H10N2OS/c1-10-7-5-3-2-4-6(7)9-11-8/h2-5,9H,8H2,1H3. The molecule has 0 aromatic heterocycles. The maximum Gasteiger partial charge on any atom is 0.142 e. The van der Waals surface area contributed by atoms with E-state index in [2.05, 4.69) is 4.72 Å². The van der Waals surface area contributed by atoms with Gasteiger partial charge in [-0.3, -0.25) is 5.14 Å². The van der Waals surface area contributed by atoms with Crippen molar-refractivity contribution in [3.63, 3.8) is 0 Å². The molecule has 11 heavy (non-hydrogen) atoms. The quantitative estimate of drug-likeness (QED) is 0.677. The lowest BCUT2D eigenvalue weighted by Crippen LogP contribution is -1.94. The van der Waals surface area contributed by atoms with Gasteiger partial charge in [-0.25, -0.2) is 0 Å². The number of ether oxygens (including phenoxy) is 1. The number of nitrogens with one attached hydrogen (secondary N) is 1. The summed E-state index contributed by atoms with van der Waals surface area (Å²) in [5.74, 6) is 0.797. The number of hydrogen-bond acceptors (Lipinski definition) is 4. The highest BCUT2D eigenvalue weighted by Crippen LogP contribution is 2.24. The highest BCUT2D eigenvalue weighted by Gasteiger charge is 1.97. The van der Waals surface area contributed by atoms with Crippen LogP contribution in [0.3, 0.4) is 0 Å². The topological polar surface area (TPSA) is 47.3 Å². The van der Waals surface area contributed by atoms with Crippen LogP contribution in [0.25, 0.3) is 0 Å². The first-order valence-electron chi connectivity index (χ1n) is 3.13. The second-order valence-corrected chi connectivity index (χ2v) is 2.36. The van der Waals surface area contributed by atoms with Crippen LogP contribution in [0.4, 0.5) is 5.69 Å². The van der Waals surface area contributed by atoms with Crippen molar-refractivity contribution in [1.29, 1.82) is 0 Å². The summed E-state index contributed by atoms with van der Waals surface area (Å²) in [7, 11) is 1.63. The fourth-order valence-corrected chi connectivity index (χ4v) is 1.09. The third kappa shape index (κ3) is 2.03. The van der Waals surface area contributed by atoms with E-state index in [1.165, 1.54) is 0 Å². The van der Waals surface area contributed by atoms with E-state index in [0.717, 1.165) is 23.6 Å². The third-order valence-electron chi connectivity index (χ3n) is 1.28. The lowest BCUT2D eigenvalue weighted by atomic mass is 10.3. The first kappa shape index (κ1) is 8.23. The summed E-state index contributed by atoms with van der Waals surface area (Å²) in [4.78, 5) is 0. The van der Waals surface area contributed by atoms with Crippen molar-refractivity contribution in [1.82, 2.24) is 0 Å². The number of rotatable bonds is 3. The summed E-state index contributed by atoms with van der Waals surface area (Å²) >= 11 is 1.05. The van der Waals surface area contributed by atoms with E-state index in [4.69, 9.17) is 9.88 Å². The van der Waals surface area contributed by atoms with Gasteiger partial charge in [0.05, 0.1) is 12.8 Å². The molecule has 0 amide bonds. The Hall–Kier alpha value is -0.870. The number of nitrogens with two attached hydrogens (primary N) is 1. The molecule has 1 rings (SSSR count). The normalized spacial score (nSPS) is 9.27. The zero-order valence-corrected chi connectivity index (χ0v) is 7.02. The highest BCUT2D eigenvalue weighted by molar-refractivity contribution is 7.98. The van der Waals surface area contributed by atoms with Gasteiger partial charge in [-0.05, 0) is 12.1 Å². The van der Waals surface area contributed by atoms with Crippen LogP contribution in [0.2, 0.25) is 0 Å². The highest BCUT2D eigenvalue weighted by atomic mass is 32.2. The number of methoxy groups -OCH3 is 1. The molecule has 0 aliphatic heterocycles. The van der Waals surface area contributed by atoms with Crippen molar-refractivity contribution in [2.75, 3.05) is 11.8 Å². The minimum Gasteiger partial charge on any atom is -0.495 e. The molecule has 3 N–H and O–H groups in total. The van der Waals surface area contributed by atoms with Gasteiger partial charge in [0.1, 0.15) is 5.75 Å². The Bertz CT molecular complexity index is 229. The van der Waals surface area contributed by atoms with Gasteiger partial charge in [0.25, 0.3) is 0 Å². The molecule has 0 aliphatic carbocycles. The van der Waals surface area contributed by atoms with Crippen LogP contribution in [-0.2, 0) is 0 Å². The lowest BCUT2D eigenvalue weighted by Gasteiger charge is -2.06. The van der Waals surface area contributed by atoms with Gasteiger partial charge in [0.15, 0.2) is 0 Å². The van der Waals surface area contributed by atoms with Gasteiger partial charge in [0, 0.05) is 12.1 Å². The number of benzene rings is 1. The minimum absolute atomic E-state index is 0.797. The first-order valence-corrected chi connectivity index (χ1v) is 4.01. The molecule has 0 radical (unpaired) electrons. The molecule has 0 saturated heterocycles. The lowest BCUT2D eigenvalue weighted by molar-refractivity contribution is 0.417. The van der Waals surface area contributed by atoms with E-state index in [1.54, 1.807) is 7.11 Å². The molecule has 0 saturated carbocycles. The van der Waals surface area contributed by atoms with Gasteiger partial charge in [0.2, 0.25) is 0 Å². The summed E-state index contributed by atoms with van der Waals surface area (Å²) < 4.78 is 7.96. The molecular weight excluding hydrogens is 160 g/mol. The maximum absolute atomic E-state index is 5.23. The fourth-order valence-electron chi connectivity index (χ4n) is 0.792. The van der Waals surface area contributed by atoms with E-state index in [1.807, 2.05) is 24.3 Å². The zero-order chi connectivity index (χ0) is 8.10. The molecule has 0 aliphatic rings. The molecule has 0 heterocycles. The zero-order valence-electron chi connectivity index (χ0n) is 6.20. The van der Waals surface area contributed by atoms with Crippen molar-refractivity contribution in [3.8, 4) is 5.75 Å². The van der Waals surface area contributed by atoms with Gasteiger partial charge in [-0.2, -0.15) is 0 Å². The smallest absolute Gasteiger partial charge is 0.142 e. The van der Waals surface area contributed by atoms with Crippen LogP contribution >= 0.6 is 12.1 Å². The van der Waals surface area contributed by atoms with Crippen LogP contribution < -0.4 is 14.6 Å². The van der Waals surface area contributed by atoms with E-state index < -0.39 is 0 Å². The number of para-hydroxylation sites is 2. The molecule has 0 fully saturated rings. The van der Waals surface area contributed by atoms with Crippen molar-refractivity contribution >= 4 is 17.8 Å². The second-order valence-electron chi connectivity index (χ2n) is 1.92. The Morgan fingerprint density at radius 1 is 1.45 bits per heavy atom. The summed E-state index contributed by atoms with van der Waals surface area (Å²) in [5, 5.41) is 5.23. The summed E-state index contributed by atoms with van der Waals surface area (Å²) in [6, 6.07) is 7.60. The summed E-state index contributed by atoms with van der Waals surface area (Å²) in [5.41, 5.74) is 0.891. The Kier molecular flexibility index (Phi) is 3.07. The summed E-state index contributed by atoms with van der Waals surface area (Å²) in [6.07, 6.45) is 0. The minimum atomic E-state index is 0.797. The molecule has 0 spiro atoms. The number of hydrogen-bond donors (Lipinski definition) is 2. The van der Waals surface area contributed by atoms with Crippen LogP contribution in [0, 0.1) is 0 Å². The van der Waals surface area contributed by atoms with Gasteiger partial charge >= 0.3 is 0 Å². The monoisotopic (exact) mass is 170 g/mol. The fraction of sp³-hybridized carbons (Fsp3) is 0.143. The predicted octanol–water partition coefficient (Wildman–Crippen LogP) is 1.63. The van der Waals surface area contributed by atoms with Gasteiger partial charge in [-0.15, -0.1) is 0 Å². The van der Waals surface area contributed by atoms with Gasteiger partial charge < -0.3 is 9.46 Å². The predicted molar refractivity (Wildman–Crippen MR) is 48.4 cm³/mol. The van der Waals surface area contributed by atoms with Crippen molar-refractivity contribution in [3.05, 3.63) is 24.3 Å². The van der Waals surface area contributed by atoms with E-state index in [-0.39, 0.29) is 0 Å². The van der Waals surface area contributed by atoms with Crippen molar-refractivity contribution in [2.24, 2.45) is 5.14 Å². The SMILES string of the molecule is COc1ccccc1NSN. The van der Waals surface area contributed by atoms with E-state index in [0.29, 0.717) is 0 Å². The molecule has 0 atom stereocenters. The maximum atomic E-state index is 5.23. The van der Waals surface area contributed by atoms with Crippen LogP contribution in [-0.4, -0.2) is 7.11 Å². The molecule has 0 unspecified atom stereocenters. The largest absolute Gasteiger partial charge is 0.495 e. The van der Waals surface area contributed by atoms with Crippen LogP contribution in [0.5, 0.6) is 5.75 Å². The molecular formula is C7H10N2OS. The second kappa shape index (κ2) is 4.10. The van der Waals surface area contributed by atoms with Crippen molar-refractivity contribution in [2.45, 2.75) is 0 Å². The average Bonchev–Trinajstić information content (AvgIpc) is 2.06. The van der Waals surface area contributed by atoms with E-state index in [9.17, 15) is 0 Å². The average molecular weight is 170 g/mol. The Balaban J connectivity index is 2.83. The summed E-state index contributed by atoms with van der Waals surface area (Å²) in [6.45, 7) is 0. The molecule has 60 valence electrons. The van der Waals surface area contributed by atoms with Crippen LogP contribution in [0.15, 0.2) is 24.3 Å². The van der Waals surface area contributed by atoms with Gasteiger partial charge in [-0.1, -0.05) is 12.1 Å². The van der Waals surface area contributed by atoms with E-state index >= 15 is 0 Å². The molecule has 3 nitrogen and oxygen atoms in total. The third-order valence-corrected chi connectivity index (χ3v) is 1.61. The molecule has 1 aromatic carbocycles. The van der Waals surface area contributed by atoms with Crippen molar-refractivity contribution < 1.29 is 4.74 Å². The molecule has 4 heteroatoms. The Morgan fingerprint density at radius 2 is 2.18 bits per heavy atom. The Labute approximate surface area is 70.2 Å². The molecule has 0 bridgehead atoms. The first-order chi connectivity index (χ1) is 5.38. The Morgan fingerprint density at radius 3 is 2.82 bits per heavy atom.